The van der Waals surface area contributed by atoms with Crippen molar-refractivity contribution in [2.24, 2.45) is 11.8 Å². The number of carbonyl (C=O) groups excluding carboxylic acids is 1. The second-order valence-electron chi connectivity index (χ2n) is 6.68. The Bertz CT molecular complexity index is 596. The van der Waals surface area contributed by atoms with Gasteiger partial charge in [-0.25, -0.2) is 0 Å². The predicted molar refractivity (Wildman–Crippen MR) is 83.5 cm³/mol. The molecule has 6 heteroatoms. The largest absolute Gasteiger partial charge is 0.416 e. The van der Waals surface area contributed by atoms with E-state index in [0.29, 0.717) is 37.6 Å². The van der Waals surface area contributed by atoms with Gasteiger partial charge in [-0.2, -0.15) is 13.2 Å². The summed E-state index contributed by atoms with van der Waals surface area (Å²) in [6.45, 7) is 4.68. The Kier molecular flexibility index (Phi) is 4.85. The van der Waals surface area contributed by atoms with Crippen molar-refractivity contribution in [1.82, 2.24) is 4.90 Å². The van der Waals surface area contributed by atoms with E-state index < -0.39 is 11.7 Å². The lowest BCUT2D eigenvalue weighted by atomic mass is 10.0. The van der Waals surface area contributed by atoms with Crippen molar-refractivity contribution in [3.8, 4) is 0 Å². The number of hydrogen-bond donors (Lipinski definition) is 0. The van der Waals surface area contributed by atoms with Crippen molar-refractivity contribution in [3.05, 3.63) is 35.4 Å². The molecule has 1 heterocycles. The van der Waals surface area contributed by atoms with E-state index in [1.807, 2.05) is 11.8 Å². The van der Waals surface area contributed by atoms with E-state index in [1.165, 1.54) is 12.1 Å². The normalized spacial score (nSPS) is 26.4. The van der Waals surface area contributed by atoms with Crippen LogP contribution in [0, 0.1) is 11.8 Å². The molecular formula is C18H22F3NO2. The molecule has 3 nitrogen and oxygen atoms in total. The number of alkyl halides is 3. The summed E-state index contributed by atoms with van der Waals surface area (Å²) in [5.74, 6) is 0.163. The minimum absolute atomic E-state index is 0.0619. The van der Waals surface area contributed by atoms with Crippen LogP contribution in [0.1, 0.15) is 36.8 Å². The minimum Gasteiger partial charge on any atom is -0.381 e. The van der Waals surface area contributed by atoms with Crippen molar-refractivity contribution in [2.45, 2.75) is 31.9 Å². The first-order chi connectivity index (χ1) is 11.4. The lowest BCUT2D eigenvalue weighted by Crippen LogP contribution is -2.36. The van der Waals surface area contributed by atoms with Crippen molar-refractivity contribution in [1.29, 1.82) is 0 Å². The first-order valence-electron chi connectivity index (χ1n) is 8.43. The Morgan fingerprint density at radius 2 is 2.17 bits per heavy atom. The van der Waals surface area contributed by atoms with Gasteiger partial charge in [0, 0.05) is 31.5 Å². The highest BCUT2D eigenvalue weighted by molar-refractivity contribution is 5.83. The summed E-state index contributed by atoms with van der Waals surface area (Å²) in [7, 11) is 0. The van der Waals surface area contributed by atoms with Gasteiger partial charge in [0.15, 0.2) is 0 Å². The Labute approximate surface area is 139 Å². The molecule has 1 aromatic rings. The summed E-state index contributed by atoms with van der Waals surface area (Å²) >= 11 is 0. The van der Waals surface area contributed by atoms with Gasteiger partial charge >= 0.3 is 6.18 Å². The number of rotatable bonds is 5. The minimum atomic E-state index is -4.34. The summed E-state index contributed by atoms with van der Waals surface area (Å²) in [4.78, 5) is 14.5. The number of hydrogen-bond acceptors (Lipinski definition) is 2. The van der Waals surface area contributed by atoms with Crippen molar-refractivity contribution >= 4 is 5.91 Å². The van der Waals surface area contributed by atoms with Crippen LogP contribution in [-0.2, 0) is 15.7 Å². The molecule has 24 heavy (non-hydrogen) atoms. The van der Waals surface area contributed by atoms with Crippen LogP contribution >= 0.6 is 0 Å². The highest BCUT2D eigenvalue weighted by atomic mass is 19.4. The fraction of sp³-hybridized carbons (Fsp3) is 0.611. The molecule has 1 aromatic carbocycles. The van der Waals surface area contributed by atoms with E-state index in [4.69, 9.17) is 4.74 Å². The topological polar surface area (TPSA) is 29.5 Å². The first kappa shape index (κ1) is 17.3. The number of amides is 1. The lowest BCUT2D eigenvalue weighted by molar-refractivity contribution is -0.137. The summed E-state index contributed by atoms with van der Waals surface area (Å²) in [6, 6.07) is 5.36. The molecule has 1 saturated carbocycles. The average molecular weight is 341 g/mol. The molecule has 0 radical (unpaired) electrons. The quantitative estimate of drug-likeness (QED) is 0.817. The zero-order valence-electron chi connectivity index (χ0n) is 13.7. The van der Waals surface area contributed by atoms with Crippen LogP contribution in [0.15, 0.2) is 24.3 Å². The number of benzene rings is 1. The van der Waals surface area contributed by atoms with E-state index in [1.54, 1.807) is 6.07 Å². The third-order valence-electron chi connectivity index (χ3n) is 4.95. The Balaban J connectivity index is 1.64. The molecule has 1 saturated heterocycles. The molecular weight excluding hydrogens is 319 g/mol. The van der Waals surface area contributed by atoms with Gasteiger partial charge in [0.1, 0.15) is 0 Å². The van der Waals surface area contributed by atoms with Gasteiger partial charge in [-0.05, 0) is 37.3 Å². The summed E-state index contributed by atoms with van der Waals surface area (Å²) in [5.41, 5.74) is -0.0306. The van der Waals surface area contributed by atoms with Crippen LogP contribution in [-0.4, -0.2) is 37.1 Å². The zero-order chi connectivity index (χ0) is 17.3. The number of ether oxygens (including phenoxy) is 1. The molecule has 3 rings (SSSR count). The van der Waals surface area contributed by atoms with Gasteiger partial charge in [-0.1, -0.05) is 18.2 Å². The van der Waals surface area contributed by atoms with E-state index in [0.717, 1.165) is 19.1 Å². The summed E-state index contributed by atoms with van der Waals surface area (Å²) in [6.07, 6.45) is -2.74. The molecule has 132 valence electrons. The highest BCUT2D eigenvalue weighted by Crippen LogP contribution is 2.49. The monoisotopic (exact) mass is 341 g/mol. The maximum absolute atomic E-state index is 12.8. The van der Waals surface area contributed by atoms with E-state index in [-0.39, 0.29) is 17.7 Å². The van der Waals surface area contributed by atoms with E-state index in [9.17, 15) is 18.0 Å². The summed E-state index contributed by atoms with van der Waals surface area (Å²) < 4.78 is 43.8. The predicted octanol–water partition coefficient (Wildman–Crippen LogP) is 3.69. The summed E-state index contributed by atoms with van der Waals surface area (Å²) in [5, 5.41) is 0. The molecule has 1 aliphatic carbocycles. The number of nitrogens with zero attached hydrogens (tertiary/aromatic N) is 1. The molecule has 0 aromatic heterocycles. The second-order valence-corrected chi connectivity index (χ2v) is 6.68. The standard InChI is InChI=1S/C18H22F3NO2/c1-2-22(10-12-6-7-24-11-12)17(23)16-9-15(16)13-4-3-5-14(8-13)18(19,20)21/h3-5,8,12,15-16H,2,6-7,9-11H2,1H3/t12-,15-,16+/m0/s1. The van der Waals surface area contributed by atoms with Crippen LogP contribution in [0.25, 0.3) is 0 Å². The fourth-order valence-electron chi connectivity index (χ4n) is 3.43. The van der Waals surface area contributed by atoms with Crippen LogP contribution in [0.5, 0.6) is 0 Å². The highest BCUT2D eigenvalue weighted by Gasteiger charge is 2.46. The van der Waals surface area contributed by atoms with Gasteiger partial charge in [0.2, 0.25) is 5.91 Å². The van der Waals surface area contributed by atoms with Crippen molar-refractivity contribution in [3.63, 3.8) is 0 Å². The van der Waals surface area contributed by atoms with Gasteiger partial charge in [-0.3, -0.25) is 4.79 Å². The average Bonchev–Trinajstić information content (AvgIpc) is 3.19. The van der Waals surface area contributed by atoms with E-state index >= 15 is 0 Å². The van der Waals surface area contributed by atoms with E-state index in [2.05, 4.69) is 0 Å². The van der Waals surface area contributed by atoms with Gasteiger partial charge < -0.3 is 9.64 Å². The first-order valence-corrected chi connectivity index (χ1v) is 8.43. The lowest BCUT2D eigenvalue weighted by Gasteiger charge is -2.24. The van der Waals surface area contributed by atoms with Crippen molar-refractivity contribution < 1.29 is 22.7 Å². The van der Waals surface area contributed by atoms with Crippen LogP contribution in [0.2, 0.25) is 0 Å². The third-order valence-corrected chi connectivity index (χ3v) is 4.95. The molecule has 0 unspecified atom stereocenters. The number of halogens is 3. The Morgan fingerprint density at radius 3 is 2.79 bits per heavy atom. The molecule has 0 bridgehead atoms. The SMILES string of the molecule is CCN(C[C@@H]1CCOC1)C(=O)[C@@H]1C[C@H]1c1cccc(C(F)(F)F)c1. The molecule has 2 fully saturated rings. The molecule has 0 N–H and O–H groups in total. The fourth-order valence-corrected chi connectivity index (χ4v) is 3.43. The molecule has 1 amide bonds. The maximum Gasteiger partial charge on any atom is 0.416 e. The van der Waals surface area contributed by atoms with Crippen LogP contribution in [0.3, 0.4) is 0 Å². The second kappa shape index (κ2) is 6.75. The van der Waals surface area contributed by atoms with Gasteiger partial charge in [0.05, 0.1) is 12.2 Å². The molecule has 3 atom stereocenters. The molecule has 2 aliphatic rings. The van der Waals surface area contributed by atoms with Crippen LogP contribution < -0.4 is 0 Å². The van der Waals surface area contributed by atoms with Gasteiger partial charge in [-0.15, -0.1) is 0 Å². The third kappa shape index (κ3) is 3.74. The smallest absolute Gasteiger partial charge is 0.381 e. The van der Waals surface area contributed by atoms with Crippen LogP contribution in [0.4, 0.5) is 13.2 Å². The Hall–Kier alpha value is -1.56. The van der Waals surface area contributed by atoms with Gasteiger partial charge in [0.25, 0.3) is 0 Å². The maximum atomic E-state index is 12.8. The molecule has 0 spiro atoms. The zero-order valence-corrected chi connectivity index (χ0v) is 13.7. The number of carbonyl (C=O) groups is 1. The van der Waals surface area contributed by atoms with Crippen molar-refractivity contribution in [2.75, 3.05) is 26.3 Å². The Morgan fingerprint density at radius 1 is 1.38 bits per heavy atom. The molecule has 1 aliphatic heterocycles.